The molecule has 1 saturated heterocycles. The van der Waals surface area contributed by atoms with E-state index in [9.17, 15) is 0 Å². The summed E-state index contributed by atoms with van der Waals surface area (Å²) in [6.07, 6.45) is 11.8. The van der Waals surface area contributed by atoms with E-state index in [1.807, 2.05) is 18.3 Å². The SMILES string of the molecule is Cc1c(C)n(Cc2ccccc2Cl)c2c(N3CCCC(C4CCCCC4)C3)nccc12.Cl. The molecule has 0 radical (unpaired) electrons. The fourth-order valence-electron chi connectivity index (χ4n) is 6.00. The van der Waals surface area contributed by atoms with Crippen molar-refractivity contribution >= 4 is 40.7 Å². The highest BCUT2D eigenvalue weighted by molar-refractivity contribution is 6.31. The molecule has 3 heterocycles. The average Bonchev–Trinajstić information content (AvgIpc) is 3.06. The second kappa shape index (κ2) is 10.1. The second-order valence-corrected chi connectivity index (χ2v) is 10.1. The Hall–Kier alpha value is -1.71. The van der Waals surface area contributed by atoms with Gasteiger partial charge in [-0.3, -0.25) is 0 Å². The minimum absolute atomic E-state index is 0. The van der Waals surface area contributed by atoms with Gasteiger partial charge in [-0.2, -0.15) is 0 Å². The molecule has 0 spiro atoms. The lowest BCUT2D eigenvalue weighted by Gasteiger charge is -2.39. The number of anilines is 1. The Bertz CT molecular complexity index is 1070. The van der Waals surface area contributed by atoms with Crippen LogP contribution in [0.5, 0.6) is 0 Å². The van der Waals surface area contributed by atoms with Gasteiger partial charge in [0.2, 0.25) is 0 Å². The first kappa shape index (κ1) is 23.4. The van der Waals surface area contributed by atoms with Gasteiger partial charge in [0.15, 0.2) is 5.82 Å². The number of aryl methyl sites for hydroxylation is 1. The number of pyridine rings is 1. The van der Waals surface area contributed by atoms with E-state index < -0.39 is 0 Å². The van der Waals surface area contributed by atoms with Crippen LogP contribution in [0.2, 0.25) is 5.02 Å². The minimum Gasteiger partial charge on any atom is -0.355 e. The second-order valence-electron chi connectivity index (χ2n) is 9.67. The molecule has 172 valence electrons. The van der Waals surface area contributed by atoms with E-state index in [-0.39, 0.29) is 12.4 Å². The first-order valence-corrected chi connectivity index (χ1v) is 12.4. The molecule has 1 saturated carbocycles. The molecule has 5 heteroatoms. The van der Waals surface area contributed by atoms with E-state index in [1.165, 1.54) is 72.9 Å². The van der Waals surface area contributed by atoms with Crippen molar-refractivity contribution in [1.82, 2.24) is 9.55 Å². The number of fused-ring (bicyclic) bond motifs is 1. The summed E-state index contributed by atoms with van der Waals surface area (Å²) < 4.78 is 2.44. The molecule has 0 bridgehead atoms. The lowest BCUT2D eigenvalue weighted by Crippen LogP contribution is -2.39. The number of hydrogen-bond acceptors (Lipinski definition) is 2. The number of nitrogens with zero attached hydrogens (tertiary/aromatic N) is 3. The highest BCUT2D eigenvalue weighted by Crippen LogP contribution is 2.38. The third kappa shape index (κ3) is 4.39. The fourth-order valence-corrected chi connectivity index (χ4v) is 6.19. The third-order valence-electron chi connectivity index (χ3n) is 7.89. The summed E-state index contributed by atoms with van der Waals surface area (Å²) in [4.78, 5) is 7.55. The van der Waals surface area contributed by atoms with Gasteiger partial charge in [-0.15, -0.1) is 12.4 Å². The highest BCUT2D eigenvalue weighted by Gasteiger charge is 2.30. The van der Waals surface area contributed by atoms with Crippen LogP contribution in [-0.2, 0) is 6.54 Å². The van der Waals surface area contributed by atoms with Gasteiger partial charge >= 0.3 is 0 Å². The lowest BCUT2D eigenvalue weighted by atomic mass is 9.76. The molecular formula is C27H35Cl2N3. The first-order valence-electron chi connectivity index (χ1n) is 12.1. The smallest absolute Gasteiger partial charge is 0.153 e. The summed E-state index contributed by atoms with van der Waals surface area (Å²) in [5.41, 5.74) is 5.11. The third-order valence-corrected chi connectivity index (χ3v) is 8.26. The zero-order valence-corrected chi connectivity index (χ0v) is 20.9. The monoisotopic (exact) mass is 471 g/mol. The van der Waals surface area contributed by atoms with Crippen molar-refractivity contribution in [2.75, 3.05) is 18.0 Å². The molecule has 1 aromatic carbocycles. The van der Waals surface area contributed by atoms with Crippen LogP contribution in [0.3, 0.4) is 0 Å². The molecular weight excluding hydrogens is 437 g/mol. The highest BCUT2D eigenvalue weighted by atomic mass is 35.5. The van der Waals surface area contributed by atoms with E-state index in [0.717, 1.165) is 42.1 Å². The van der Waals surface area contributed by atoms with Crippen LogP contribution in [0.1, 0.15) is 61.8 Å². The average molecular weight is 473 g/mol. The molecule has 2 fully saturated rings. The molecule has 0 N–H and O–H groups in total. The van der Waals surface area contributed by atoms with Crippen molar-refractivity contribution in [3.63, 3.8) is 0 Å². The van der Waals surface area contributed by atoms with Gasteiger partial charge in [0, 0.05) is 41.9 Å². The molecule has 32 heavy (non-hydrogen) atoms. The Morgan fingerprint density at radius 3 is 2.50 bits per heavy atom. The summed E-state index contributed by atoms with van der Waals surface area (Å²) in [5, 5.41) is 2.16. The van der Waals surface area contributed by atoms with E-state index in [0.29, 0.717) is 0 Å². The van der Waals surface area contributed by atoms with Crippen LogP contribution >= 0.6 is 24.0 Å². The van der Waals surface area contributed by atoms with Gasteiger partial charge in [-0.05, 0) is 61.8 Å². The normalized spacial score (nSPS) is 19.8. The van der Waals surface area contributed by atoms with E-state index >= 15 is 0 Å². The quantitative estimate of drug-likeness (QED) is 0.390. The number of rotatable bonds is 4. The number of aromatic nitrogens is 2. The topological polar surface area (TPSA) is 21.1 Å². The Kier molecular flexibility index (Phi) is 7.37. The predicted octanol–water partition coefficient (Wildman–Crippen LogP) is 7.57. The van der Waals surface area contributed by atoms with Crippen molar-refractivity contribution < 1.29 is 0 Å². The molecule has 2 aliphatic rings. The van der Waals surface area contributed by atoms with Gasteiger partial charge in [-0.25, -0.2) is 4.98 Å². The van der Waals surface area contributed by atoms with Crippen LogP contribution in [-0.4, -0.2) is 22.6 Å². The molecule has 3 aromatic rings. The summed E-state index contributed by atoms with van der Waals surface area (Å²) in [6.45, 7) is 7.54. The van der Waals surface area contributed by atoms with Crippen LogP contribution in [0.4, 0.5) is 5.82 Å². The standard InChI is InChI=1S/C27H34ClN3.ClH/c1-19-20(2)31(18-23-11-6-7-13-25(23)28)26-24(19)14-15-29-27(26)30-16-8-12-22(17-30)21-9-4-3-5-10-21;/h6-7,11,13-15,21-22H,3-5,8-10,12,16-18H2,1-2H3;1H. The first-order chi connectivity index (χ1) is 15.1. The van der Waals surface area contributed by atoms with E-state index in [1.54, 1.807) is 0 Å². The fraction of sp³-hybridized carbons (Fsp3) is 0.519. The van der Waals surface area contributed by atoms with Gasteiger partial charge in [0.25, 0.3) is 0 Å². The van der Waals surface area contributed by atoms with Crippen molar-refractivity contribution in [3.8, 4) is 0 Å². The molecule has 1 aliphatic heterocycles. The maximum Gasteiger partial charge on any atom is 0.153 e. The van der Waals surface area contributed by atoms with Crippen molar-refractivity contribution in [3.05, 3.63) is 58.4 Å². The van der Waals surface area contributed by atoms with Gasteiger partial charge in [0.1, 0.15) is 0 Å². The minimum atomic E-state index is 0. The number of piperidine rings is 1. The summed E-state index contributed by atoms with van der Waals surface area (Å²) in [5.74, 6) is 2.90. The van der Waals surface area contributed by atoms with Crippen LogP contribution < -0.4 is 4.90 Å². The van der Waals surface area contributed by atoms with Crippen molar-refractivity contribution in [2.45, 2.75) is 65.3 Å². The van der Waals surface area contributed by atoms with Gasteiger partial charge in [-0.1, -0.05) is 61.9 Å². The Morgan fingerprint density at radius 1 is 0.969 bits per heavy atom. The van der Waals surface area contributed by atoms with Gasteiger partial charge < -0.3 is 9.47 Å². The molecule has 5 rings (SSSR count). The lowest BCUT2D eigenvalue weighted by molar-refractivity contribution is 0.220. The van der Waals surface area contributed by atoms with E-state index in [2.05, 4.69) is 41.5 Å². The molecule has 3 nitrogen and oxygen atoms in total. The number of halogens is 2. The predicted molar refractivity (Wildman–Crippen MR) is 139 cm³/mol. The van der Waals surface area contributed by atoms with E-state index in [4.69, 9.17) is 16.6 Å². The number of hydrogen-bond donors (Lipinski definition) is 0. The van der Waals surface area contributed by atoms with Crippen molar-refractivity contribution in [1.29, 1.82) is 0 Å². The van der Waals surface area contributed by atoms with Crippen LogP contribution in [0.15, 0.2) is 36.5 Å². The zero-order chi connectivity index (χ0) is 21.4. The maximum atomic E-state index is 6.54. The molecule has 0 amide bonds. The van der Waals surface area contributed by atoms with Gasteiger partial charge in [0.05, 0.1) is 5.52 Å². The molecule has 1 unspecified atom stereocenters. The Morgan fingerprint density at radius 2 is 1.72 bits per heavy atom. The summed E-state index contributed by atoms with van der Waals surface area (Å²) in [6, 6.07) is 10.4. The summed E-state index contributed by atoms with van der Waals surface area (Å²) >= 11 is 6.54. The molecule has 1 aliphatic carbocycles. The van der Waals surface area contributed by atoms with Crippen LogP contribution in [0, 0.1) is 25.7 Å². The Balaban J connectivity index is 0.00000245. The molecule has 2 aromatic heterocycles. The van der Waals surface area contributed by atoms with Crippen molar-refractivity contribution in [2.24, 2.45) is 11.8 Å². The van der Waals surface area contributed by atoms with Crippen LogP contribution in [0.25, 0.3) is 10.9 Å². The maximum absolute atomic E-state index is 6.54. The Labute approximate surface area is 203 Å². The summed E-state index contributed by atoms with van der Waals surface area (Å²) in [7, 11) is 0. The zero-order valence-electron chi connectivity index (χ0n) is 19.3. The largest absolute Gasteiger partial charge is 0.355 e. The number of benzene rings is 1. The molecule has 1 atom stereocenters.